The molecule has 0 radical (unpaired) electrons. The van der Waals surface area contributed by atoms with Gasteiger partial charge < -0.3 is 9.47 Å². The van der Waals surface area contributed by atoms with Gasteiger partial charge in [0.25, 0.3) is 5.92 Å². The van der Waals surface area contributed by atoms with Crippen molar-refractivity contribution in [2.24, 2.45) is 5.92 Å². The van der Waals surface area contributed by atoms with E-state index in [9.17, 15) is 13.6 Å². The topological polar surface area (TPSA) is 35.5 Å². The first kappa shape index (κ1) is 29.1. The van der Waals surface area contributed by atoms with Crippen molar-refractivity contribution in [3.63, 3.8) is 0 Å². The van der Waals surface area contributed by atoms with Crippen LogP contribution in [0.5, 0.6) is 5.75 Å². The van der Waals surface area contributed by atoms with Crippen molar-refractivity contribution in [2.75, 3.05) is 6.61 Å². The average molecular weight is 515 g/mol. The zero-order valence-electron chi connectivity index (χ0n) is 22.8. The quantitative estimate of drug-likeness (QED) is 0.156. The number of hydrogen-bond donors (Lipinski definition) is 0. The zero-order chi connectivity index (χ0) is 26.7. The summed E-state index contributed by atoms with van der Waals surface area (Å²) in [7, 11) is 0. The number of rotatable bonds is 17. The number of unbranched alkanes of at least 4 members (excludes halogenated alkanes) is 8. The average Bonchev–Trinajstić information content (AvgIpc) is 3.48. The zero-order valence-corrected chi connectivity index (χ0v) is 22.8. The third kappa shape index (κ3) is 8.55. The smallest absolute Gasteiger partial charge is 0.316 e. The van der Waals surface area contributed by atoms with Crippen LogP contribution in [0, 0.1) is 5.92 Å². The maximum absolute atomic E-state index is 14.6. The van der Waals surface area contributed by atoms with Crippen LogP contribution in [0.1, 0.15) is 103 Å². The Balaban J connectivity index is 1.48. The standard InChI is InChI=1S/C32H44F2O3/c1-4-6-8-10-11-13-23-36-28-21-19-26(20-22-28)25-15-17-27(18-16-25)29-30(32(29,33)34)31(35)37-24(3)14-12-9-7-5-2/h15-22,24,29-30H,4-14,23H2,1-3H3/t24-,29+,30-/m0/s1. The van der Waals surface area contributed by atoms with Crippen molar-refractivity contribution in [1.29, 1.82) is 0 Å². The number of alkyl halides is 2. The largest absolute Gasteiger partial charge is 0.494 e. The molecule has 0 N–H and O–H groups in total. The van der Waals surface area contributed by atoms with Gasteiger partial charge in [0.2, 0.25) is 0 Å². The first-order chi connectivity index (χ1) is 17.9. The minimum absolute atomic E-state index is 0.332. The van der Waals surface area contributed by atoms with Crippen LogP contribution >= 0.6 is 0 Å². The first-order valence-corrected chi connectivity index (χ1v) is 14.3. The molecule has 1 fully saturated rings. The molecule has 2 aromatic carbocycles. The maximum Gasteiger partial charge on any atom is 0.316 e. The van der Waals surface area contributed by atoms with Crippen LogP contribution in [0.2, 0.25) is 0 Å². The SMILES string of the molecule is CCCCCCCCOc1ccc(-c2ccc([C@@H]3[C@@H](C(=O)O[C@@H](C)CCCCCC)C3(F)F)cc2)cc1. The van der Waals surface area contributed by atoms with Gasteiger partial charge in [-0.3, -0.25) is 4.79 Å². The van der Waals surface area contributed by atoms with E-state index in [4.69, 9.17) is 9.47 Å². The molecule has 5 heteroatoms. The summed E-state index contributed by atoms with van der Waals surface area (Å²) >= 11 is 0. The van der Waals surface area contributed by atoms with E-state index in [-0.39, 0.29) is 6.10 Å². The van der Waals surface area contributed by atoms with Crippen LogP contribution in [0.4, 0.5) is 8.78 Å². The minimum atomic E-state index is -3.06. The van der Waals surface area contributed by atoms with Gasteiger partial charge in [-0.2, -0.15) is 0 Å². The number of carbonyl (C=O) groups excluding carboxylic acids is 1. The van der Waals surface area contributed by atoms with Crippen molar-refractivity contribution in [1.82, 2.24) is 0 Å². The molecule has 3 rings (SSSR count). The van der Waals surface area contributed by atoms with Gasteiger partial charge in [-0.15, -0.1) is 0 Å². The number of carbonyl (C=O) groups is 1. The predicted octanol–water partition coefficient (Wildman–Crippen LogP) is 9.34. The third-order valence-electron chi connectivity index (χ3n) is 7.31. The first-order valence-electron chi connectivity index (χ1n) is 14.3. The summed E-state index contributed by atoms with van der Waals surface area (Å²) in [6.45, 7) is 6.86. The summed E-state index contributed by atoms with van der Waals surface area (Å²) in [6.07, 6.45) is 12.0. The van der Waals surface area contributed by atoms with Crippen molar-refractivity contribution >= 4 is 5.97 Å². The van der Waals surface area contributed by atoms with Crippen LogP contribution in [0.25, 0.3) is 11.1 Å². The highest BCUT2D eigenvalue weighted by atomic mass is 19.3. The van der Waals surface area contributed by atoms with E-state index < -0.39 is 23.7 Å². The fourth-order valence-corrected chi connectivity index (χ4v) is 4.92. The lowest BCUT2D eigenvalue weighted by molar-refractivity contribution is -0.152. The van der Waals surface area contributed by atoms with Crippen LogP contribution in [0.3, 0.4) is 0 Å². The number of hydrogen-bond acceptors (Lipinski definition) is 3. The van der Waals surface area contributed by atoms with Gasteiger partial charge in [-0.05, 0) is 55.0 Å². The lowest BCUT2D eigenvalue weighted by Gasteiger charge is -2.13. The summed E-state index contributed by atoms with van der Waals surface area (Å²) in [5.74, 6) is -5.50. The Morgan fingerprint density at radius 1 is 0.811 bits per heavy atom. The number of ether oxygens (including phenoxy) is 2. The van der Waals surface area contributed by atoms with E-state index in [1.807, 2.05) is 36.4 Å². The predicted molar refractivity (Wildman–Crippen MR) is 146 cm³/mol. The van der Waals surface area contributed by atoms with Gasteiger partial charge in [0.15, 0.2) is 0 Å². The van der Waals surface area contributed by atoms with Gasteiger partial charge in [0, 0.05) is 0 Å². The van der Waals surface area contributed by atoms with E-state index >= 15 is 0 Å². The van der Waals surface area contributed by atoms with Gasteiger partial charge in [-0.1, -0.05) is 102 Å². The number of esters is 1. The normalized spacial score (nSPS) is 18.8. The Morgan fingerprint density at radius 3 is 1.97 bits per heavy atom. The van der Waals surface area contributed by atoms with Crippen LogP contribution in [-0.4, -0.2) is 24.6 Å². The number of benzene rings is 2. The molecule has 0 unspecified atom stereocenters. The summed E-state index contributed by atoms with van der Waals surface area (Å²) in [5, 5.41) is 0. The summed E-state index contributed by atoms with van der Waals surface area (Å²) in [6, 6.07) is 15.0. The second-order valence-corrected chi connectivity index (χ2v) is 10.5. The Hall–Kier alpha value is -2.43. The van der Waals surface area contributed by atoms with E-state index in [1.165, 1.54) is 32.1 Å². The monoisotopic (exact) mass is 514 g/mol. The molecule has 37 heavy (non-hydrogen) atoms. The lowest BCUT2D eigenvalue weighted by Crippen LogP contribution is -2.18. The third-order valence-corrected chi connectivity index (χ3v) is 7.31. The van der Waals surface area contributed by atoms with Gasteiger partial charge in [0.05, 0.1) is 18.6 Å². The van der Waals surface area contributed by atoms with E-state index in [1.54, 1.807) is 19.1 Å². The fourth-order valence-electron chi connectivity index (χ4n) is 4.92. The fraction of sp³-hybridized carbons (Fsp3) is 0.594. The molecular weight excluding hydrogens is 470 g/mol. The molecule has 204 valence electrons. The van der Waals surface area contributed by atoms with E-state index in [0.29, 0.717) is 12.0 Å². The summed E-state index contributed by atoms with van der Waals surface area (Å²) in [5.41, 5.74) is 2.41. The van der Waals surface area contributed by atoms with Gasteiger partial charge in [-0.25, -0.2) is 8.78 Å². The molecule has 0 bridgehead atoms. The molecule has 0 spiro atoms. The van der Waals surface area contributed by atoms with Crippen molar-refractivity contribution in [3.05, 3.63) is 54.1 Å². The number of halogens is 2. The van der Waals surface area contributed by atoms with Crippen LogP contribution < -0.4 is 4.74 Å². The maximum atomic E-state index is 14.6. The molecule has 2 aromatic rings. The Bertz CT molecular complexity index is 940. The van der Waals surface area contributed by atoms with Crippen molar-refractivity contribution < 1.29 is 23.0 Å². The van der Waals surface area contributed by atoms with E-state index in [2.05, 4.69) is 13.8 Å². The summed E-state index contributed by atoms with van der Waals surface area (Å²) < 4.78 is 40.3. The van der Waals surface area contributed by atoms with Gasteiger partial charge >= 0.3 is 5.97 Å². The second-order valence-electron chi connectivity index (χ2n) is 10.5. The molecule has 3 atom stereocenters. The summed E-state index contributed by atoms with van der Waals surface area (Å²) in [4.78, 5) is 12.5. The Kier molecular flexibility index (Phi) is 11.4. The molecule has 0 aliphatic heterocycles. The van der Waals surface area contributed by atoms with Crippen LogP contribution in [-0.2, 0) is 9.53 Å². The van der Waals surface area contributed by atoms with E-state index in [0.717, 1.165) is 55.6 Å². The molecule has 0 aromatic heterocycles. The Morgan fingerprint density at radius 2 is 1.35 bits per heavy atom. The van der Waals surface area contributed by atoms with Crippen molar-refractivity contribution in [2.45, 2.75) is 109 Å². The Labute approximate surface area is 222 Å². The molecule has 1 saturated carbocycles. The second kappa shape index (κ2) is 14.5. The molecule has 0 amide bonds. The minimum Gasteiger partial charge on any atom is -0.494 e. The van der Waals surface area contributed by atoms with Gasteiger partial charge in [0.1, 0.15) is 11.7 Å². The molecule has 3 nitrogen and oxygen atoms in total. The molecule has 1 aliphatic carbocycles. The highest BCUT2D eigenvalue weighted by Crippen LogP contribution is 2.62. The molecule has 0 saturated heterocycles. The molecular formula is C32H44F2O3. The van der Waals surface area contributed by atoms with Crippen molar-refractivity contribution in [3.8, 4) is 16.9 Å². The lowest BCUT2D eigenvalue weighted by atomic mass is 10.0. The molecule has 0 heterocycles. The molecule has 1 aliphatic rings. The highest BCUT2D eigenvalue weighted by Gasteiger charge is 2.73. The highest BCUT2D eigenvalue weighted by molar-refractivity contribution is 5.80. The van der Waals surface area contributed by atoms with Crippen LogP contribution in [0.15, 0.2) is 48.5 Å².